The van der Waals surface area contributed by atoms with E-state index in [0.717, 1.165) is 19.0 Å². The fraction of sp³-hybridized carbons (Fsp3) is 0.692. The second kappa shape index (κ2) is 7.02. The zero-order valence-electron chi connectivity index (χ0n) is 10.1. The lowest BCUT2D eigenvalue weighted by Crippen LogP contribution is -2.25. The van der Waals surface area contributed by atoms with Crippen molar-refractivity contribution in [3.63, 3.8) is 0 Å². The van der Waals surface area contributed by atoms with Crippen LogP contribution in [-0.2, 0) is 0 Å². The van der Waals surface area contributed by atoms with Crippen LogP contribution in [0.15, 0.2) is 16.8 Å². The average Bonchev–Trinajstić information content (AvgIpc) is 2.70. The molecule has 2 atom stereocenters. The number of rotatable bonds is 7. The molecule has 0 amide bonds. The monoisotopic (exact) mass is 225 g/mol. The molecular formula is C13H23NS. The third-order valence-electron chi connectivity index (χ3n) is 2.84. The minimum atomic E-state index is 0.644. The Morgan fingerprint density at radius 3 is 2.73 bits per heavy atom. The topological polar surface area (TPSA) is 12.0 Å². The summed E-state index contributed by atoms with van der Waals surface area (Å²) in [6, 6.07) is 2.23. The van der Waals surface area contributed by atoms with E-state index in [9.17, 15) is 0 Å². The molecular weight excluding hydrogens is 202 g/mol. The van der Waals surface area contributed by atoms with Gasteiger partial charge in [0.15, 0.2) is 0 Å². The average molecular weight is 225 g/mol. The summed E-state index contributed by atoms with van der Waals surface area (Å²) in [6.45, 7) is 9.13. The molecule has 1 N–H and O–H groups in total. The zero-order chi connectivity index (χ0) is 11.1. The van der Waals surface area contributed by atoms with Crippen LogP contribution in [0.3, 0.4) is 0 Å². The smallest absolute Gasteiger partial charge is 0.00178 e. The lowest BCUT2D eigenvalue weighted by Gasteiger charge is -2.14. The Labute approximate surface area is 97.9 Å². The van der Waals surface area contributed by atoms with Crippen LogP contribution in [0.2, 0.25) is 0 Å². The quantitative estimate of drug-likeness (QED) is 0.742. The molecule has 15 heavy (non-hydrogen) atoms. The van der Waals surface area contributed by atoms with Crippen LogP contribution in [0.4, 0.5) is 0 Å². The highest BCUT2D eigenvalue weighted by molar-refractivity contribution is 7.07. The Morgan fingerprint density at radius 1 is 1.33 bits per heavy atom. The summed E-state index contributed by atoms with van der Waals surface area (Å²) in [5.41, 5.74) is 1.47. The van der Waals surface area contributed by atoms with Crippen molar-refractivity contribution in [3.05, 3.63) is 22.4 Å². The highest BCUT2D eigenvalue weighted by atomic mass is 32.1. The molecule has 0 aromatic carbocycles. The first-order valence-electron chi connectivity index (χ1n) is 5.96. The molecule has 0 aliphatic rings. The van der Waals surface area contributed by atoms with E-state index in [1.165, 1.54) is 18.4 Å². The van der Waals surface area contributed by atoms with Gasteiger partial charge in [-0.05, 0) is 47.2 Å². The van der Waals surface area contributed by atoms with E-state index < -0.39 is 0 Å². The SMILES string of the molecule is CCCC(C)CNCC(C)c1ccsc1. The Kier molecular flexibility index (Phi) is 5.96. The lowest BCUT2D eigenvalue weighted by molar-refractivity contribution is 0.466. The largest absolute Gasteiger partial charge is 0.316 e. The van der Waals surface area contributed by atoms with Gasteiger partial charge in [0.05, 0.1) is 0 Å². The first-order chi connectivity index (χ1) is 7.24. The van der Waals surface area contributed by atoms with Crippen molar-refractivity contribution >= 4 is 11.3 Å². The molecule has 1 nitrogen and oxygen atoms in total. The van der Waals surface area contributed by atoms with E-state index >= 15 is 0 Å². The number of thiophene rings is 1. The minimum absolute atomic E-state index is 0.644. The van der Waals surface area contributed by atoms with Crippen LogP contribution < -0.4 is 5.32 Å². The van der Waals surface area contributed by atoms with Crippen molar-refractivity contribution < 1.29 is 0 Å². The molecule has 0 saturated carbocycles. The Bertz CT molecular complexity index is 243. The second-order valence-electron chi connectivity index (χ2n) is 4.51. The molecule has 0 radical (unpaired) electrons. The Hall–Kier alpha value is -0.340. The zero-order valence-corrected chi connectivity index (χ0v) is 10.9. The number of hydrogen-bond donors (Lipinski definition) is 1. The number of nitrogens with one attached hydrogen (secondary N) is 1. The first-order valence-corrected chi connectivity index (χ1v) is 6.91. The summed E-state index contributed by atoms with van der Waals surface area (Å²) < 4.78 is 0. The molecule has 2 unspecified atom stereocenters. The van der Waals surface area contributed by atoms with Gasteiger partial charge in [-0.1, -0.05) is 27.2 Å². The number of hydrogen-bond acceptors (Lipinski definition) is 2. The van der Waals surface area contributed by atoms with Crippen LogP contribution in [0.25, 0.3) is 0 Å². The van der Waals surface area contributed by atoms with Gasteiger partial charge in [-0.2, -0.15) is 11.3 Å². The maximum Gasteiger partial charge on any atom is 0.00178 e. The maximum absolute atomic E-state index is 3.56. The second-order valence-corrected chi connectivity index (χ2v) is 5.29. The van der Waals surface area contributed by atoms with Crippen molar-refractivity contribution in [1.82, 2.24) is 5.32 Å². The third kappa shape index (κ3) is 4.80. The Balaban J connectivity index is 2.15. The van der Waals surface area contributed by atoms with Gasteiger partial charge in [-0.25, -0.2) is 0 Å². The van der Waals surface area contributed by atoms with E-state index in [2.05, 4.69) is 42.9 Å². The Morgan fingerprint density at radius 2 is 2.13 bits per heavy atom. The van der Waals surface area contributed by atoms with Crippen molar-refractivity contribution in [2.24, 2.45) is 5.92 Å². The van der Waals surface area contributed by atoms with Gasteiger partial charge >= 0.3 is 0 Å². The molecule has 1 aromatic heterocycles. The minimum Gasteiger partial charge on any atom is -0.316 e. The highest BCUT2D eigenvalue weighted by Gasteiger charge is 2.06. The first kappa shape index (κ1) is 12.7. The van der Waals surface area contributed by atoms with Crippen LogP contribution in [0.5, 0.6) is 0 Å². The molecule has 0 fully saturated rings. The molecule has 2 heteroatoms. The van der Waals surface area contributed by atoms with Crippen LogP contribution in [0, 0.1) is 5.92 Å². The molecule has 1 aromatic rings. The molecule has 0 saturated heterocycles. The fourth-order valence-electron chi connectivity index (χ4n) is 1.81. The molecule has 0 bridgehead atoms. The summed E-state index contributed by atoms with van der Waals surface area (Å²) in [7, 11) is 0. The van der Waals surface area contributed by atoms with Gasteiger partial charge < -0.3 is 5.32 Å². The van der Waals surface area contributed by atoms with Crippen LogP contribution in [0.1, 0.15) is 45.1 Å². The van der Waals surface area contributed by atoms with Gasteiger partial charge in [0.25, 0.3) is 0 Å². The predicted molar refractivity (Wildman–Crippen MR) is 69.7 cm³/mol. The summed E-state index contributed by atoms with van der Waals surface area (Å²) in [4.78, 5) is 0. The maximum atomic E-state index is 3.56. The molecule has 0 aliphatic heterocycles. The van der Waals surface area contributed by atoms with Crippen molar-refractivity contribution in [3.8, 4) is 0 Å². The molecule has 0 aliphatic carbocycles. The van der Waals surface area contributed by atoms with E-state index in [1.807, 2.05) is 0 Å². The summed E-state index contributed by atoms with van der Waals surface area (Å²) in [5, 5.41) is 7.97. The molecule has 1 heterocycles. The lowest BCUT2D eigenvalue weighted by atomic mass is 10.0. The highest BCUT2D eigenvalue weighted by Crippen LogP contribution is 2.17. The van der Waals surface area contributed by atoms with Gasteiger partial charge in [-0.3, -0.25) is 0 Å². The van der Waals surface area contributed by atoms with Crippen LogP contribution >= 0.6 is 11.3 Å². The standard InChI is InChI=1S/C13H23NS/c1-4-5-11(2)8-14-9-12(3)13-6-7-15-10-13/h6-7,10-12,14H,4-5,8-9H2,1-3H3. The predicted octanol–water partition coefficient (Wildman–Crippen LogP) is 3.88. The molecule has 0 spiro atoms. The fourth-order valence-corrected chi connectivity index (χ4v) is 2.60. The van der Waals surface area contributed by atoms with Gasteiger partial charge in [0.2, 0.25) is 0 Å². The van der Waals surface area contributed by atoms with E-state index in [0.29, 0.717) is 5.92 Å². The van der Waals surface area contributed by atoms with Crippen molar-refractivity contribution in [2.75, 3.05) is 13.1 Å². The third-order valence-corrected chi connectivity index (χ3v) is 3.54. The van der Waals surface area contributed by atoms with Crippen LogP contribution in [-0.4, -0.2) is 13.1 Å². The summed E-state index contributed by atoms with van der Waals surface area (Å²) in [5.74, 6) is 1.45. The molecule has 1 rings (SSSR count). The van der Waals surface area contributed by atoms with Crippen molar-refractivity contribution in [2.45, 2.75) is 39.5 Å². The van der Waals surface area contributed by atoms with E-state index in [4.69, 9.17) is 0 Å². The molecule has 86 valence electrons. The summed E-state index contributed by atoms with van der Waals surface area (Å²) >= 11 is 1.79. The van der Waals surface area contributed by atoms with Gasteiger partial charge in [0.1, 0.15) is 0 Å². The van der Waals surface area contributed by atoms with E-state index in [1.54, 1.807) is 11.3 Å². The summed E-state index contributed by atoms with van der Waals surface area (Å²) in [6.07, 6.45) is 2.63. The van der Waals surface area contributed by atoms with Gasteiger partial charge in [-0.15, -0.1) is 0 Å². The van der Waals surface area contributed by atoms with E-state index in [-0.39, 0.29) is 0 Å². The van der Waals surface area contributed by atoms with Crippen molar-refractivity contribution in [1.29, 1.82) is 0 Å². The van der Waals surface area contributed by atoms with Gasteiger partial charge in [0, 0.05) is 6.54 Å². The normalized spacial score (nSPS) is 15.1.